The van der Waals surface area contributed by atoms with Gasteiger partial charge in [-0.3, -0.25) is 0 Å². The summed E-state index contributed by atoms with van der Waals surface area (Å²) in [5.41, 5.74) is 2.58. The molecule has 1 aliphatic rings. The van der Waals surface area contributed by atoms with Crippen LogP contribution in [0.5, 0.6) is 0 Å². The predicted molar refractivity (Wildman–Crippen MR) is 84.2 cm³/mol. The van der Waals surface area contributed by atoms with E-state index < -0.39 is 0 Å². The van der Waals surface area contributed by atoms with Gasteiger partial charge in [0.05, 0.1) is 0 Å². The zero-order chi connectivity index (χ0) is 14.5. The number of fused-ring (bicyclic) bond motifs is 1. The maximum Gasteiger partial charge on any atom is 0.231 e. The molecule has 5 heteroatoms. The van der Waals surface area contributed by atoms with Crippen molar-refractivity contribution >= 4 is 17.5 Å². The zero-order valence-electron chi connectivity index (χ0n) is 12.2. The summed E-state index contributed by atoms with van der Waals surface area (Å²) in [6.45, 7) is 2.54. The largest absolute Gasteiger partial charge is 0.385 e. The summed E-state index contributed by atoms with van der Waals surface area (Å²) in [4.78, 5) is 11.2. The van der Waals surface area contributed by atoms with Gasteiger partial charge in [-0.05, 0) is 30.5 Å². The van der Waals surface area contributed by atoms with Crippen molar-refractivity contribution in [3.8, 4) is 0 Å². The number of aromatic nitrogens is 2. The Hall–Kier alpha value is -2.14. The highest BCUT2D eigenvalue weighted by atomic mass is 16.5. The number of nitrogens with one attached hydrogen (secondary N) is 1. The number of para-hydroxylation sites is 1. The first-order chi connectivity index (χ1) is 10.4. The normalized spacial score (nSPS) is 13.3. The minimum Gasteiger partial charge on any atom is -0.385 e. The molecule has 1 aromatic carbocycles. The monoisotopic (exact) mass is 284 g/mol. The number of hydrogen-bond donors (Lipinski definition) is 1. The summed E-state index contributed by atoms with van der Waals surface area (Å²) >= 11 is 0. The van der Waals surface area contributed by atoms with Crippen LogP contribution < -0.4 is 10.2 Å². The zero-order valence-corrected chi connectivity index (χ0v) is 12.2. The molecule has 5 nitrogen and oxygen atoms in total. The van der Waals surface area contributed by atoms with Crippen LogP contribution in [0, 0.1) is 0 Å². The number of hydrogen-bond acceptors (Lipinski definition) is 5. The molecule has 0 aliphatic carbocycles. The standard InChI is InChI=1S/C16H20N4O/c1-21-12-4-9-17-15-7-10-18-16(19-15)20-11-8-13-5-2-3-6-14(13)20/h2-3,5-7,10H,4,8-9,11-12H2,1H3,(H,17,18,19). The predicted octanol–water partition coefficient (Wildman–Crippen LogP) is 2.62. The molecule has 0 unspecified atom stereocenters. The van der Waals surface area contributed by atoms with E-state index in [1.807, 2.05) is 12.3 Å². The third-order valence-electron chi connectivity index (χ3n) is 3.60. The van der Waals surface area contributed by atoms with Gasteiger partial charge in [-0.2, -0.15) is 4.98 Å². The molecular weight excluding hydrogens is 264 g/mol. The molecule has 0 radical (unpaired) electrons. The lowest BCUT2D eigenvalue weighted by atomic mass is 10.2. The van der Waals surface area contributed by atoms with Crippen molar-refractivity contribution in [2.45, 2.75) is 12.8 Å². The molecule has 0 bridgehead atoms. The number of anilines is 3. The molecule has 0 fully saturated rings. The van der Waals surface area contributed by atoms with E-state index in [1.54, 1.807) is 7.11 Å². The second kappa shape index (κ2) is 6.54. The fraction of sp³-hybridized carbons (Fsp3) is 0.375. The molecule has 1 aliphatic heterocycles. The summed E-state index contributed by atoms with van der Waals surface area (Å²) in [5.74, 6) is 1.62. The molecule has 1 aromatic heterocycles. The van der Waals surface area contributed by atoms with Gasteiger partial charge in [0.1, 0.15) is 5.82 Å². The Balaban J connectivity index is 1.72. The molecule has 3 rings (SSSR count). The van der Waals surface area contributed by atoms with E-state index in [9.17, 15) is 0 Å². The summed E-state index contributed by atoms with van der Waals surface area (Å²) in [7, 11) is 1.72. The molecule has 0 atom stereocenters. The molecule has 1 N–H and O–H groups in total. The molecule has 0 saturated carbocycles. The Bertz CT molecular complexity index is 602. The lowest BCUT2D eigenvalue weighted by molar-refractivity contribution is 0.198. The summed E-state index contributed by atoms with van der Waals surface area (Å²) < 4.78 is 5.04. The highest BCUT2D eigenvalue weighted by Crippen LogP contribution is 2.32. The first kappa shape index (κ1) is 13.8. The average molecular weight is 284 g/mol. The molecule has 21 heavy (non-hydrogen) atoms. The molecule has 0 amide bonds. The van der Waals surface area contributed by atoms with E-state index in [2.05, 4.69) is 44.5 Å². The van der Waals surface area contributed by atoms with Gasteiger partial charge in [-0.15, -0.1) is 0 Å². The summed E-state index contributed by atoms with van der Waals surface area (Å²) in [6.07, 6.45) is 3.81. The van der Waals surface area contributed by atoms with Gasteiger partial charge in [-0.25, -0.2) is 4.98 Å². The van der Waals surface area contributed by atoms with Crippen LogP contribution in [-0.2, 0) is 11.2 Å². The number of nitrogens with zero attached hydrogens (tertiary/aromatic N) is 3. The van der Waals surface area contributed by atoms with Gasteiger partial charge in [0.25, 0.3) is 0 Å². The minimum atomic E-state index is 0.754. The Morgan fingerprint density at radius 3 is 3.10 bits per heavy atom. The Morgan fingerprint density at radius 2 is 2.19 bits per heavy atom. The third kappa shape index (κ3) is 3.13. The smallest absolute Gasteiger partial charge is 0.231 e. The van der Waals surface area contributed by atoms with Crippen molar-refractivity contribution in [2.24, 2.45) is 0 Å². The van der Waals surface area contributed by atoms with Gasteiger partial charge in [0, 0.05) is 38.7 Å². The molecule has 2 aromatic rings. The first-order valence-electron chi connectivity index (χ1n) is 7.30. The fourth-order valence-corrected chi connectivity index (χ4v) is 2.56. The van der Waals surface area contributed by atoms with E-state index in [0.717, 1.165) is 44.3 Å². The average Bonchev–Trinajstić information content (AvgIpc) is 2.96. The first-order valence-corrected chi connectivity index (χ1v) is 7.30. The van der Waals surface area contributed by atoms with Crippen LogP contribution in [0.15, 0.2) is 36.5 Å². The lowest BCUT2D eigenvalue weighted by Gasteiger charge is -2.17. The van der Waals surface area contributed by atoms with E-state index in [4.69, 9.17) is 4.74 Å². The van der Waals surface area contributed by atoms with Gasteiger partial charge in [-0.1, -0.05) is 18.2 Å². The van der Waals surface area contributed by atoms with Gasteiger partial charge < -0.3 is 15.0 Å². The van der Waals surface area contributed by atoms with E-state index >= 15 is 0 Å². The lowest BCUT2D eigenvalue weighted by Crippen LogP contribution is -2.17. The quantitative estimate of drug-likeness (QED) is 0.826. The molecule has 110 valence electrons. The van der Waals surface area contributed by atoms with Crippen LogP contribution in [0.3, 0.4) is 0 Å². The van der Waals surface area contributed by atoms with Crippen molar-refractivity contribution in [3.05, 3.63) is 42.1 Å². The number of rotatable bonds is 6. The second-order valence-corrected chi connectivity index (χ2v) is 5.05. The van der Waals surface area contributed by atoms with E-state index in [0.29, 0.717) is 0 Å². The van der Waals surface area contributed by atoms with Gasteiger partial charge >= 0.3 is 0 Å². The van der Waals surface area contributed by atoms with Crippen molar-refractivity contribution in [2.75, 3.05) is 37.0 Å². The topological polar surface area (TPSA) is 50.3 Å². The molecule has 0 saturated heterocycles. The van der Waals surface area contributed by atoms with Crippen molar-refractivity contribution in [1.29, 1.82) is 0 Å². The SMILES string of the molecule is COCCCNc1ccnc(N2CCc3ccccc32)n1. The fourth-order valence-electron chi connectivity index (χ4n) is 2.56. The number of ether oxygens (including phenoxy) is 1. The van der Waals surface area contributed by atoms with Crippen LogP contribution in [0.4, 0.5) is 17.5 Å². The van der Waals surface area contributed by atoms with Crippen molar-refractivity contribution in [1.82, 2.24) is 9.97 Å². The van der Waals surface area contributed by atoms with E-state index in [-0.39, 0.29) is 0 Å². The van der Waals surface area contributed by atoms with Crippen molar-refractivity contribution < 1.29 is 4.74 Å². The molecule has 2 heterocycles. The Morgan fingerprint density at radius 1 is 1.29 bits per heavy atom. The van der Waals surface area contributed by atoms with Crippen LogP contribution in [0.1, 0.15) is 12.0 Å². The molecule has 0 spiro atoms. The summed E-state index contributed by atoms with van der Waals surface area (Å²) in [5, 5.41) is 3.31. The minimum absolute atomic E-state index is 0.754. The van der Waals surface area contributed by atoms with Crippen molar-refractivity contribution in [3.63, 3.8) is 0 Å². The maximum absolute atomic E-state index is 5.04. The van der Waals surface area contributed by atoms with Crippen LogP contribution in [0.2, 0.25) is 0 Å². The highest BCUT2D eigenvalue weighted by molar-refractivity contribution is 5.66. The van der Waals surface area contributed by atoms with Gasteiger partial charge in [0.15, 0.2) is 0 Å². The van der Waals surface area contributed by atoms with Crippen LogP contribution in [0.25, 0.3) is 0 Å². The number of benzene rings is 1. The van der Waals surface area contributed by atoms with Gasteiger partial charge in [0.2, 0.25) is 5.95 Å². The summed E-state index contributed by atoms with van der Waals surface area (Å²) in [6, 6.07) is 10.3. The Labute approximate surface area is 125 Å². The Kier molecular flexibility index (Phi) is 4.31. The second-order valence-electron chi connectivity index (χ2n) is 5.05. The maximum atomic E-state index is 5.04. The number of methoxy groups -OCH3 is 1. The third-order valence-corrected chi connectivity index (χ3v) is 3.60. The van der Waals surface area contributed by atoms with E-state index in [1.165, 1.54) is 11.3 Å². The molecular formula is C16H20N4O. The van der Waals surface area contributed by atoms with Crippen LogP contribution in [-0.4, -0.2) is 36.8 Å². The highest BCUT2D eigenvalue weighted by Gasteiger charge is 2.21. The van der Waals surface area contributed by atoms with Crippen LogP contribution >= 0.6 is 0 Å².